The van der Waals surface area contributed by atoms with Gasteiger partial charge in [-0.3, -0.25) is 0 Å². The normalized spacial score (nSPS) is 41.7. The van der Waals surface area contributed by atoms with Gasteiger partial charge in [-0.15, -0.1) is 0 Å². The van der Waals surface area contributed by atoms with Crippen LogP contribution in [0.25, 0.3) is 0 Å². The van der Waals surface area contributed by atoms with Crippen molar-refractivity contribution in [3.05, 3.63) is 0 Å². The van der Waals surface area contributed by atoms with Crippen LogP contribution in [0.2, 0.25) is 0 Å². The predicted molar refractivity (Wildman–Crippen MR) is 43.0 cm³/mol. The Morgan fingerprint density at radius 3 is 1.80 bits per heavy atom. The zero-order valence-corrected chi connectivity index (χ0v) is 7.26. The summed E-state index contributed by atoms with van der Waals surface area (Å²) in [4.78, 5) is 0. The van der Waals surface area contributed by atoms with Crippen LogP contribution in [0.5, 0.6) is 0 Å². The molecule has 0 saturated heterocycles. The molecule has 0 amide bonds. The van der Waals surface area contributed by atoms with Crippen molar-refractivity contribution in [1.29, 1.82) is 0 Å². The number of hydrogen-bond acceptors (Lipinski definition) is 1. The van der Waals surface area contributed by atoms with Gasteiger partial charge >= 0.3 is 0 Å². The van der Waals surface area contributed by atoms with Crippen LogP contribution in [0.4, 0.5) is 0 Å². The summed E-state index contributed by atoms with van der Waals surface area (Å²) in [6.07, 6.45) is 4.82. The summed E-state index contributed by atoms with van der Waals surface area (Å²) in [5.74, 6) is 2.14. The minimum atomic E-state index is 0.624. The highest BCUT2D eigenvalue weighted by atomic mass is 16.5. The second kappa shape index (κ2) is 3.38. The first-order valence-corrected chi connectivity index (χ1v) is 4.43. The summed E-state index contributed by atoms with van der Waals surface area (Å²) in [5.41, 5.74) is 0. The fourth-order valence-electron chi connectivity index (χ4n) is 1.85. The lowest BCUT2D eigenvalue weighted by Crippen LogP contribution is -2.05. The molecule has 0 N–H and O–H groups in total. The Morgan fingerprint density at radius 1 is 1.00 bits per heavy atom. The van der Waals surface area contributed by atoms with Gasteiger partial charge in [0.2, 0.25) is 0 Å². The SMILES string of the molecule is CC.COC1CC2CC2C1. The predicted octanol–water partition coefficient (Wildman–Crippen LogP) is 2.46. The maximum Gasteiger partial charge on any atom is 0.0576 e. The Hall–Kier alpha value is -0.0400. The molecule has 2 atom stereocenters. The second-order valence-corrected chi connectivity index (χ2v) is 3.08. The van der Waals surface area contributed by atoms with Gasteiger partial charge in [-0.2, -0.15) is 0 Å². The Kier molecular flexibility index (Phi) is 2.72. The van der Waals surface area contributed by atoms with Crippen LogP contribution >= 0.6 is 0 Å². The van der Waals surface area contributed by atoms with Gasteiger partial charge in [0.15, 0.2) is 0 Å². The van der Waals surface area contributed by atoms with E-state index >= 15 is 0 Å². The van der Waals surface area contributed by atoms with Crippen LogP contribution in [-0.4, -0.2) is 13.2 Å². The molecule has 0 heterocycles. The van der Waals surface area contributed by atoms with Crippen molar-refractivity contribution in [2.45, 2.75) is 39.2 Å². The zero-order valence-electron chi connectivity index (χ0n) is 7.26. The van der Waals surface area contributed by atoms with Gasteiger partial charge in [0.1, 0.15) is 0 Å². The Morgan fingerprint density at radius 2 is 1.50 bits per heavy atom. The fourth-order valence-corrected chi connectivity index (χ4v) is 1.85. The van der Waals surface area contributed by atoms with Gasteiger partial charge in [0.25, 0.3) is 0 Å². The van der Waals surface area contributed by atoms with Crippen LogP contribution in [0.3, 0.4) is 0 Å². The van der Waals surface area contributed by atoms with Crippen LogP contribution in [0.15, 0.2) is 0 Å². The Bertz CT molecular complexity index is 90.9. The van der Waals surface area contributed by atoms with Crippen molar-refractivity contribution < 1.29 is 4.74 Å². The van der Waals surface area contributed by atoms with E-state index in [4.69, 9.17) is 4.74 Å². The van der Waals surface area contributed by atoms with Crippen molar-refractivity contribution >= 4 is 0 Å². The lowest BCUT2D eigenvalue weighted by Gasteiger charge is -2.06. The highest BCUT2D eigenvalue weighted by Crippen LogP contribution is 2.52. The van der Waals surface area contributed by atoms with E-state index < -0.39 is 0 Å². The molecule has 2 aliphatic rings. The summed E-state index contributed by atoms with van der Waals surface area (Å²) in [6.45, 7) is 4.00. The van der Waals surface area contributed by atoms with Crippen LogP contribution in [0, 0.1) is 11.8 Å². The van der Waals surface area contributed by atoms with Crippen molar-refractivity contribution in [2.75, 3.05) is 7.11 Å². The van der Waals surface area contributed by atoms with E-state index in [0.717, 1.165) is 11.8 Å². The van der Waals surface area contributed by atoms with E-state index in [2.05, 4.69) is 0 Å². The molecule has 0 aromatic rings. The summed E-state index contributed by atoms with van der Waals surface area (Å²) in [6, 6.07) is 0. The van der Waals surface area contributed by atoms with E-state index in [9.17, 15) is 0 Å². The van der Waals surface area contributed by atoms with Crippen molar-refractivity contribution in [1.82, 2.24) is 0 Å². The topological polar surface area (TPSA) is 9.23 Å². The van der Waals surface area contributed by atoms with Crippen LogP contribution in [0.1, 0.15) is 33.1 Å². The molecule has 0 aromatic carbocycles. The van der Waals surface area contributed by atoms with Gasteiger partial charge in [0, 0.05) is 7.11 Å². The van der Waals surface area contributed by atoms with E-state index in [0.29, 0.717) is 6.10 Å². The first-order chi connectivity index (χ1) is 4.90. The third kappa shape index (κ3) is 1.51. The number of fused-ring (bicyclic) bond motifs is 1. The van der Waals surface area contributed by atoms with Crippen molar-refractivity contribution in [3.63, 3.8) is 0 Å². The molecule has 2 rings (SSSR count). The lowest BCUT2D eigenvalue weighted by molar-refractivity contribution is 0.0982. The molecule has 2 saturated carbocycles. The molecule has 0 bridgehead atoms. The highest BCUT2D eigenvalue weighted by Gasteiger charge is 2.45. The lowest BCUT2D eigenvalue weighted by atomic mass is 10.2. The monoisotopic (exact) mass is 142 g/mol. The van der Waals surface area contributed by atoms with E-state index in [1.165, 1.54) is 19.3 Å². The summed E-state index contributed by atoms with van der Waals surface area (Å²) in [5, 5.41) is 0. The molecular formula is C9H18O. The van der Waals surface area contributed by atoms with E-state index in [1.807, 2.05) is 21.0 Å². The van der Waals surface area contributed by atoms with Gasteiger partial charge in [-0.05, 0) is 31.1 Å². The maximum atomic E-state index is 5.21. The number of ether oxygens (including phenoxy) is 1. The number of hydrogen-bond donors (Lipinski definition) is 0. The quantitative estimate of drug-likeness (QED) is 0.546. The van der Waals surface area contributed by atoms with Crippen LogP contribution in [-0.2, 0) is 4.74 Å². The largest absolute Gasteiger partial charge is 0.381 e. The third-order valence-corrected chi connectivity index (χ3v) is 2.53. The van der Waals surface area contributed by atoms with Gasteiger partial charge in [0.05, 0.1) is 6.10 Å². The molecule has 0 aromatic heterocycles. The minimum Gasteiger partial charge on any atom is -0.381 e. The summed E-state index contributed by atoms with van der Waals surface area (Å²) < 4.78 is 5.21. The van der Waals surface area contributed by atoms with Gasteiger partial charge in [-0.1, -0.05) is 13.8 Å². The molecule has 1 heteroatoms. The summed E-state index contributed by atoms with van der Waals surface area (Å²) in [7, 11) is 1.83. The molecule has 60 valence electrons. The van der Waals surface area contributed by atoms with E-state index in [-0.39, 0.29) is 0 Å². The van der Waals surface area contributed by atoms with Crippen molar-refractivity contribution in [3.8, 4) is 0 Å². The number of methoxy groups -OCH3 is 1. The minimum absolute atomic E-state index is 0.624. The molecule has 2 unspecified atom stereocenters. The average Bonchev–Trinajstić information content (AvgIpc) is 2.63. The molecule has 0 aliphatic heterocycles. The molecule has 1 nitrogen and oxygen atoms in total. The molecule has 2 fully saturated rings. The van der Waals surface area contributed by atoms with Crippen molar-refractivity contribution in [2.24, 2.45) is 11.8 Å². The fraction of sp³-hybridized carbons (Fsp3) is 1.00. The summed E-state index contributed by atoms with van der Waals surface area (Å²) >= 11 is 0. The Labute approximate surface area is 63.8 Å². The number of rotatable bonds is 1. The molecule has 0 radical (unpaired) electrons. The molecular weight excluding hydrogens is 124 g/mol. The van der Waals surface area contributed by atoms with Gasteiger partial charge < -0.3 is 4.74 Å². The maximum absolute atomic E-state index is 5.21. The zero-order chi connectivity index (χ0) is 7.56. The first kappa shape index (κ1) is 8.06. The average molecular weight is 142 g/mol. The molecule has 10 heavy (non-hydrogen) atoms. The van der Waals surface area contributed by atoms with Crippen LogP contribution < -0.4 is 0 Å². The van der Waals surface area contributed by atoms with E-state index in [1.54, 1.807) is 0 Å². The Balaban J connectivity index is 0.000000231. The first-order valence-electron chi connectivity index (χ1n) is 4.43. The van der Waals surface area contributed by atoms with Gasteiger partial charge in [-0.25, -0.2) is 0 Å². The molecule has 0 spiro atoms. The standard InChI is InChI=1S/C7H12O.C2H6/c1-8-7-3-5-2-6(5)4-7;1-2/h5-7H,2-4H2,1H3;1-2H3. The third-order valence-electron chi connectivity index (χ3n) is 2.53. The smallest absolute Gasteiger partial charge is 0.0576 e. The molecule has 2 aliphatic carbocycles. The second-order valence-electron chi connectivity index (χ2n) is 3.08. The highest BCUT2D eigenvalue weighted by molar-refractivity contribution is 4.96.